The van der Waals surface area contributed by atoms with Crippen LogP contribution in [-0.4, -0.2) is 13.7 Å². The third kappa shape index (κ3) is 4.90. The molecule has 5 heterocycles. The lowest BCUT2D eigenvalue weighted by Gasteiger charge is -2.09. The van der Waals surface area contributed by atoms with Gasteiger partial charge in [-0.2, -0.15) is 0 Å². The maximum absolute atomic E-state index is 6.89. The summed E-state index contributed by atoms with van der Waals surface area (Å²) >= 11 is 1.86. The first-order chi connectivity index (χ1) is 32.2. The lowest BCUT2D eigenvalue weighted by atomic mass is 10.0. The number of benzene rings is 10. The molecule has 0 atom stereocenters. The SMILES string of the molecule is c1ccc(-n2c3ccccc3c3cc(-c4ccc5sc6ccc(-n7c8ccccc8c8c9oc%10ccc(-n%11c%12ccccc%12c%12ccccc%12%11)cc%10c9ccc87)cc6c5c4)ccc32)cc1. The van der Waals surface area contributed by atoms with E-state index in [1.54, 1.807) is 0 Å². The Hall–Kier alpha value is -8.38. The Bertz CT molecular complexity index is 4430. The highest BCUT2D eigenvalue weighted by atomic mass is 32.1. The predicted molar refractivity (Wildman–Crippen MR) is 275 cm³/mol. The van der Waals surface area contributed by atoms with E-state index in [9.17, 15) is 0 Å². The Morgan fingerprint density at radius 2 is 0.769 bits per heavy atom. The van der Waals surface area contributed by atoms with E-state index in [1.165, 1.54) is 86.0 Å². The predicted octanol–water partition coefficient (Wildman–Crippen LogP) is 16.9. The number of para-hydroxylation sites is 5. The van der Waals surface area contributed by atoms with Crippen molar-refractivity contribution in [3.63, 3.8) is 0 Å². The number of hydrogen-bond donors (Lipinski definition) is 0. The van der Waals surface area contributed by atoms with Crippen LogP contribution in [0, 0.1) is 0 Å². The fraction of sp³-hybridized carbons (Fsp3) is 0. The van der Waals surface area contributed by atoms with Crippen molar-refractivity contribution in [2.24, 2.45) is 0 Å². The first-order valence-corrected chi connectivity index (χ1v) is 23.0. The van der Waals surface area contributed by atoms with Crippen molar-refractivity contribution in [3.05, 3.63) is 212 Å². The molecule has 0 saturated heterocycles. The zero-order valence-corrected chi connectivity index (χ0v) is 35.7. The lowest BCUT2D eigenvalue weighted by Crippen LogP contribution is -1.93. The third-order valence-electron chi connectivity index (χ3n) is 13.8. The van der Waals surface area contributed by atoms with Crippen LogP contribution in [0.4, 0.5) is 0 Å². The van der Waals surface area contributed by atoms with Gasteiger partial charge in [-0.1, -0.05) is 103 Å². The van der Waals surface area contributed by atoms with Gasteiger partial charge in [0.2, 0.25) is 0 Å². The van der Waals surface area contributed by atoms with Crippen LogP contribution in [0.3, 0.4) is 0 Å². The molecule has 0 bridgehead atoms. The summed E-state index contributed by atoms with van der Waals surface area (Å²) < 4.78 is 16.6. The molecule has 0 N–H and O–H groups in total. The van der Waals surface area contributed by atoms with Crippen molar-refractivity contribution in [2.45, 2.75) is 0 Å². The number of thiophene rings is 1. The second-order valence-electron chi connectivity index (χ2n) is 17.3. The molecule has 0 aliphatic heterocycles. The van der Waals surface area contributed by atoms with Crippen LogP contribution in [0.5, 0.6) is 0 Å². The van der Waals surface area contributed by atoms with E-state index < -0.39 is 0 Å². The van der Waals surface area contributed by atoms with Gasteiger partial charge in [-0.25, -0.2) is 0 Å². The summed E-state index contributed by atoms with van der Waals surface area (Å²) in [5.74, 6) is 0. The molecule has 15 aromatic rings. The molecule has 0 saturated carbocycles. The Morgan fingerprint density at radius 1 is 0.292 bits per heavy atom. The van der Waals surface area contributed by atoms with Crippen molar-refractivity contribution in [3.8, 4) is 28.2 Å². The minimum atomic E-state index is 0.886. The highest BCUT2D eigenvalue weighted by Crippen LogP contribution is 2.44. The number of furan rings is 1. The minimum absolute atomic E-state index is 0.886. The zero-order valence-electron chi connectivity index (χ0n) is 34.9. The van der Waals surface area contributed by atoms with Crippen LogP contribution in [0.2, 0.25) is 0 Å². The topological polar surface area (TPSA) is 27.9 Å². The molecule has 0 fully saturated rings. The largest absolute Gasteiger partial charge is 0.455 e. The van der Waals surface area contributed by atoms with Gasteiger partial charge in [-0.05, 0) is 120 Å². The third-order valence-corrected chi connectivity index (χ3v) is 15.0. The van der Waals surface area contributed by atoms with Gasteiger partial charge in [-0.15, -0.1) is 11.3 Å². The van der Waals surface area contributed by atoms with E-state index in [0.29, 0.717) is 0 Å². The van der Waals surface area contributed by atoms with Crippen molar-refractivity contribution in [1.29, 1.82) is 0 Å². The van der Waals surface area contributed by atoms with Crippen LogP contribution < -0.4 is 0 Å². The maximum Gasteiger partial charge on any atom is 0.145 e. The molecule has 0 aliphatic rings. The molecule has 302 valence electrons. The van der Waals surface area contributed by atoms with Crippen LogP contribution in [0.1, 0.15) is 0 Å². The molecule has 5 heteroatoms. The molecular formula is C60H35N3OS. The van der Waals surface area contributed by atoms with E-state index in [1.807, 2.05) is 11.3 Å². The van der Waals surface area contributed by atoms with Gasteiger partial charge in [0.15, 0.2) is 0 Å². The van der Waals surface area contributed by atoms with Crippen LogP contribution in [0.15, 0.2) is 217 Å². The first-order valence-electron chi connectivity index (χ1n) is 22.2. The summed E-state index contributed by atoms with van der Waals surface area (Å²) in [6.45, 7) is 0. The highest BCUT2D eigenvalue weighted by Gasteiger charge is 2.21. The molecule has 0 unspecified atom stereocenters. The summed E-state index contributed by atoms with van der Waals surface area (Å²) in [6.07, 6.45) is 0. The van der Waals surface area contributed by atoms with Gasteiger partial charge in [-0.3, -0.25) is 0 Å². The quantitative estimate of drug-likeness (QED) is 0.173. The van der Waals surface area contributed by atoms with Crippen LogP contribution in [-0.2, 0) is 0 Å². The van der Waals surface area contributed by atoms with Gasteiger partial charge < -0.3 is 18.1 Å². The fourth-order valence-electron chi connectivity index (χ4n) is 11.0. The lowest BCUT2D eigenvalue weighted by molar-refractivity contribution is 0.673. The molecule has 0 spiro atoms. The monoisotopic (exact) mass is 845 g/mol. The average molecular weight is 846 g/mol. The van der Waals surface area contributed by atoms with E-state index in [-0.39, 0.29) is 0 Å². The summed E-state index contributed by atoms with van der Waals surface area (Å²) in [4.78, 5) is 0. The summed E-state index contributed by atoms with van der Waals surface area (Å²) in [7, 11) is 0. The fourth-order valence-corrected chi connectivity index (χ4v) is 12.1. The van der Waals surface area contributed by atoms with Gasteiger partial charge in [0, 0.05) is 74.9 Å². The second-order valence-corrected chi connectivity index (χ2v) is 18.3. The minimum Gasteiger partial charge on any atom is -0.455 e. The molecular weight excluding hydrogens is 811 g/mol. The number of aromatic nitrogens is 3. The molecule has 0 aliphatic carbocycles. The van der Waals surface area contributed by atoms with Crippen molar-refractivity contribution < 1.29 is 4.42 Å². The molecule has 0 amide bonds. The molecule has 4 nitrogen and oxygen atoms in total. The number of nitrogens with zero attached hydrogens (tertiary/aromatic N) is 3. The zero-order chi connectivity index (χ0) is 42.3. The summed E-state index contributed by atoms with van der Waals surface area (Å²) in [5, 5.41) is 12.1. The first kappa shape index (κ1) is 35.1. The van der Waals surface area contributed by atoms with Crippen molar-refractivity contribution in [1.82, 2.24) is 13.7 Å². The van der Waals surface area contributed by atoms with Gasteiger partial charge >= 0.3 is 0 Å². The van der Waals surface area contributed by atoms with Gasteiger partial charge in [0.05, 0.1) is 38.5 Å². The number of hydrogen-bond acceptors (Lipinski definition) is 2. The maximum atomic E-state index is 6.89. The van der Waals surface area contributed by atoms with Crippen LogP contribution in [0.25, 0.3) is 136 Å². The number of fused-ring (bicyclic) bond motifs is 16. The second kappa shape index (κ2) is 13.1. The Balaban J connectivity index is 0.887. The van der Waals surface area contributed by atoms with Crippen molar-refractivity contribution >= 4 is 119 Å². The van der Waals surface area contributed by atoms with E-state index in [0.717, 1.165) is 49.7 Å². The van der Waals surface area contributed by atoms with E-state index >= 15 is 0 Å². The molecule has 5 aromatic heterocycles. The molecule has 10 aromatic carbocycles. The normalized spacial score (nSPS) is 12.3. The smallest absolute Gasteiger partial charge is 0.145 e. The standard InChI is InChI=1S/C60H35N3OS/c1-2-12-38(13-3-1)61-52-20-10-6-16-43(52)46-32-36(22-27-54(46)61)37-23-30-57-48(33-37)49-35-40(25-31-58(49)65-57)63-53-21-11-7-17-45(53)59-55(63)28-26-44-47-34-39(24-29-56(47)64-60(44)59)62-50-18-8-4-14-41(50)42-15-5-9-19-51(42)62/h1-35H. The van der Waals surface area contributed by atoms with Crippen molar-refractivity contribution in [2.75, 3.05) is 0 Å². The molecule has 15 rings (SSSR count). The highest BCUT2D eigenvalue weighted by molar-refractivity contribution is 7.25. The molecule has 0 radical (unpaired) electrons. The summed E-state index contributed by atoms with van der Waals surface area (Å²) in [5.41, 5.74) is 14.8. The Morgan fingerprint density at radius 3 is 1.48 bits per heavy atom. The summed E-state index contributed by atoms with van der Waals surface area (Å²) in [6, 6.07) is 77.6. The van der Waals surface area contributed by atoms with Gasteiger partial charge in [0.25, 0.3) is 0 Å². The number of rotatable bonds is 4. The Kier molecular flexibility index (Phi) is 7.07. The average Bonchev–Trinajstić information content (AvgIpc) is 4.17. The van der Waals surface area contributed by atoms with E-state index in [2.05, 4.69) is 226 Å². The van der Waals surface area contributed by atoms with E-state index in [4.69, 9.17) is 4.42 Å². The molecule has 65 heavy (non-hydrogen) atoms. The Labute approximate surface area is 375 Å². The van der Waals surface area contributed by atoms with Crippen LogP contribution >= 0.6 is 11.3 Å². The van der Waals surface area contributed by atoms with Gasteiger partial charge in [0.1, 0.15) is 11.2 Å².